The molecule has 1 atom stereocenters. The third-order valence-corrected chi connectivity index (χ3v) is 3.62. The summed E-state index contributed by atoms with van der Waals surface area (Å²) in [5, 5.41) is 17.1. The number of aryl methyl sites for hydroxylation is 1. The van der Waals surface area contributed by atoms with Crippen LogP contribution in [0, 0.1) is 17.0 Å². The van der Waals surface area contributed by atoms with Crippen molar-refractivity contribution in [1.29, 1.82) is 0 Å². The Labute approximate surface area is 123 Å². The summed E-state index contributed by atoms with van der Waals surface area (Å²) < 4.78 is 0. The van der Waals surface area contributed by atoms with Gasteiger partial charge in [-0.2, -0.15) is 0 Å². The Balaban J connectivity index is 2.31. The molecular formula is C14H20N4O3. The maximum Gasteiger partial charge on any atom is 0.274 e. The van der Waals surface area contributed by atoms with Crippen LogP contribution in [0.15, 0.2) is 18.2 Å². The minimum Gasteiger partial charge on any atom is -0.357 e. The molecule has 2 rings (SSSR count). The van der Waals surface area contributed by atoms with Gasteiger partial charge in [-0.3, -0.25) is 14.9 Å². The van der Waals surface area contributed by atoms with Crippen LogP contribution in [0.2, 0.25) is 0 Å². The molecule has 0 aromatic heterocycles. The number of amides is 1. The van der Waals surface area contributed by atoms with Gasteiger partial charge in [-0.25, -0.2) is 0 Å². The van der Waals surface area contributed by atoms with Gasteiger partial charge in [0.1, 0.15) is 6.04 Å². The van der Waals surface area contributed by atoms with Crippen LogP contribution in [0.5, 0.6) is 0 Å². The number of hydrogen-bond acceptors (Lipinski definition) is 5. The second kappa shape index (κ2) is 6.53. The van der Waals surface area contributed by atoms with Crippen LogP contribution in [0.3, 0.4) is 0 Å². The van der Waals surface area contributed by atoms with Crippen LogP contribution in [0.4, 0.5) is 11.4 Å². The van der Waals surface area contributed by atoms with E-state index in [0.717, 1.165) is 6.54 Å². The molecule has 1 heterocycles. The largest absolute Gasteiger partial charge is 0.357 e. The summed E-state index contributed by atoms with van der Waals surface area (Å²) in [4.78, 5) is 24.7. The molecule has 21 heavy (non-hydrogen) atoms. The minimum atomic E-state index is -0.387. The second-order valence-electron chi connectivity index (χ2n) is 5.04. The number of carbonyl (C=O) groups is 1. The summed E-state index contributed by atoms with van der Waals surface area (Å²) in [6.45, 7) is 6.07. The van der Waals surface area contributed by atoms with E-state index in [1.807, 2.05) is 17.9 Å². The molecule has 1 amide bonds. The monoisotopic (exact) mass is 292 g/mol. The van der Waals surface area contributed by atoms with E-state index in [1.54, 1.807) is 19.1 Å². The first-order valence-electron chi connectivity index (χ1n) is 7.04. The van der Waals surface area contributed by atoms with Gasteiger partial charge in [-0.15, -0.1) is 0 Å². The van der Waals surface area contributed by atoms with Crippen LogP contribution in [0.1, 0.15) is 12.5 Å². The lowest BCUT2D eigenvalue weighted by Crippen LogP contribution is -2.58. The first kappa shape index (κ1) is 15.2. The summed E-state index contributed by atoms with van der Waals surface area (Å²) in [5.74, 6) is -0.0621. The molecule has 1 saturated heterocycles. The van der Waals surface area contributed by atoms with Gasteiger partial charge < -0.3 is 15.5 Å². The lowest BCUT2D eigenvalue weighted by molar-refractivity contribution is -0.385. The van der Waals surface area contributed by atoms with Crippen molar-refractivity contribution in [2.24, 2.45) is 0 Å². The van der Waals surface area contributed by atoms with Crippen molar-refractivity contribution in [2.75, 3.05) is 31.1 Å². The first-order chi connectivity index (χ1) is 10.0. The quantitative estimate of drug-likeness (QED) is 0.633. The Morgan fingerprint density at radius 2 is 2.33 bits per heavy atom. The minimum absolute atomic E-state index is 0.0621. The predicted molar refractivity (Wildman–Crippen MR) is 80.5 cm³/mol. The Hall–Kier alpha value is -2.15. The zero-order chi connectivity index (χ0) is 15.4. The van der Waals surface area contributed by atoms with E-state index < -0.39 is 0 Å². The van der Waals surface area contributed by atoms with Gasteiger partial charge in [0.15, 0.2) is 0 Å². The molecule has 0 spiro atoms. The summed E-state index contributed by atoms with van der Waals surface area (Å²) in [5.41, 5.74) is 1.42. The molecule has 2 N–H and O–H groups in total. The zero-order valence-electron chi connectivity index (χ0n) is 12.3. The standard InChI is InChI=1S/C14H20N4O3/c1-3-16-14(19)13-9-15-6-7-17(13)11-5-4-10(2)12(8-11)18(20)21/h4-5,8,13,15H,3,6-7,9H2,1-2H3,(H,16,19). The van der Waals surface area contributed by atoms with Crippen molar-refractivity contribution in [3.63, 3.8) is 0 Å². The molecule has 0 aliphatic carbocycles. The molecule has 1 aromatic rings. The lowest BCUT2D eigenvalue weighted by Gasteiger charge is -2.36. The molecular weight excluding hydrogens is 272 g/mol. The number of benzene rings is 1. The molecule has 1 aromatic carbocycles. The number of anilines is 1. The van der Waals surface area contributed by atoms with E-state index in [-0.39, 0.29) is 22.6 Å². The molecule has 0 bridgehead atoms. The summed E-state index contributed by atoms with van der Waals surface area (Å²) >= 11 is 0. The molecule has 114 valence electrons. The maximum atomic E-state index is 12.1. The first-order valence-corrected chi connectivity index (χ1v) is 7.04. The van der Waals surface area contributed by atoms with Gasteiger partial charge in [0, 0.05) is 43.5 Å². The summed E-state index contributed by atoms with van der Waals surface area (Å²) in [7, 11) is 0. The van der Waals surface area contributed by atoms with Crippen molar-refractivity contribution in [1.82, 2.24) is 10.6 Å². The van der Waals surface area contributed by atoms with E-state index >= 15 is 0 Å². The Kier molecular flexibility index (Phi) is 4.74. The SMILES string of the molecule is CCNC(=O)C1CNCCN1c1ccc(C)c([N+](=O)[O-])c1. The number of likely N-dealkylation sites (N-methyl/N-ethyl adjacent to an activating group) is 1. The second-order valence-corrected chi connectivity index (χ2v) is 5.04. The van der Waals surface area contributed by atoms with Crippen LogP contribution < -0.4 is 15.5 Å². The smallest absolute Gasteiger partial charge is 0.274 e. The number of carbonyl (C=O) groups excluding carboxylic acids is 1. The number of piperazine rings is 1. The van der Waals surface area contributed by atoms with Crippen molar-refractivity contribution in [2.45, 2.75) is 19.9 Å². The highest BCUT2D eigenvalue weighted by atomic mass is 16.6. The van der Waals surface area contributed by atoms with Crippen LogP contribution in [0.25, 0.3) is 0 Å². The van der Waals surface area contributed by atoms with Crippen LogP contribution >= 0.6 is 0 Å². The average molecular weight is 292 g/mol. The molecule has 1 fully saturated rings. The van der Waals surface area contributed by atoms with E-state index in [4.69, 9.17) is 0 Å². The Bertz CT molecular complexity index is 547. The molecule has 0 saturated carbocycles. The van der Waals surface area contributed by atoms with Gasteiger partial charge in [0.25, 0.3) is 5.69 Å². The fourth-order valence-electron chi connectivity index (χ4n) is 2.51. The number of hydrogen-bond donors (Lipinski definition) is 2. The lowest BCUT2D eigenvalue weighted by atomic mass is 10.1. The van der Waals surface area contributed by atoms with E-state index in [2.05, 4.69) is 10.6 Å². The van der Waals surface area contributed by atoms with Crippen molar-refractivity contribution in [3.8, 4) is 0 Å². The highest BCUT2D eigenvalue weighted by Gasteiger charge is 2.29. The number of nitro benzene ring substituents is 1. The number of nitrogens with one attached hydrogen (secondary N) is 2. The third kappa shape index (κ3) is 3.30. The van der Waals surface area contributed by atoms with Gasteiger partial charge in [-0.05, 0) is 19.9 Å². The van der Waals surface area contributed by atoms with E-state index in [1.165, 1.54) is 0 Å². The number of rotatable bonds is 4. The topological polar surface area (TPSA) is 87.5 Å². The zero-order valence-corrected chi connectivity index (χ0v) is 12.3. The highest BCUT2D eigenvalue weighted by molar-refractivity contribution is 5.86. The Morgan fingerprint density at radius 1 is 1.57 bits per heavy atom. The van der Waals surface area contributed by atoms with Gasteiger partial charge >= 0.3 is 0 Å². The third-order valence-electron chi connectivity index (χ3n) is 3.62. The van der Waals surface area contributed by atoms with Gasteiger partial charge in [0.2, 0.25) is 5.91 Å². The number of nitrogens with zero attached hydrogens (tertiary/aromatic N) is 2. The molecule has 7 heteroatoms. The van der Waals surface area contributed by atoms with Gasteiger partial charge in [0.05, 0.1) is 4.92 Å². The Morgan fingerprint density at radius 3 is 3.00 bits per heavy atom. The predicted octanol–water partition coefficient (Wildman–Crippen LogP) is 0.818. The molecule has 7 nitrogen and oxygen atoms in total. The van der Waals surface area contributed by atoms with Crippen molar-refractivity contribution in [3.05, 3.63) is 33.9 Å². The van der Waals surface area contributed by atoms with Crippen LogP contribution in [-0.2, 0) is 4.79 Å². The maximum absolute atomic E-state index is 12.1. The fraction of sp³-hybridized carbons (Fsp3) is 0.500. The van der Waals surface area contributed by atoms with Crippen LogP contribution in [-0.4, -0.2) is 43.1 Å². The van der Waals surface area contributed by atoms with Crippen molar-refractivity contribution >= 4 is 17.3 Å². The summed E-state index contributed by atoms with van der Waals surface area (Å²) in [6.07, 6.45) is 0. The highest BCUT2D eigenvalue weighted by Crippen LogP contribution is 2.26. The van der Waals surface area contributed by atoms with Crippen molar-refractivity contribution < 1.29 is 9.72 Å². The molecule has 1 aliphatic heterocycles. The fourth-order valence-corrected chi connectivity index (χ4v) is 2.51. The molecule has 1 unspecified atom stereocenters. The molecule has 1 aliphatic rings. The van der Waals surface area contributed by atoms with E-state index in [0.29, 0.717) is 30.9 Å². The molecule has 0 radical (unpaired) electrons. The van der Waals surface area contributed by atoms with Gasteiger partial charge in [-0.1, -0.05) is 6.07 Å². The summed E-state index contributed by atoms with van der Waals surface area (Å²) in [6, 6.07) is 4.76. The average Bonchev–Trinajstić information content (AvgIpc) is 2.47. The van der Waals surface area contributed by atoms with E-state index in [9.17, 15) is 14.9 Å². The normalized spacial score (nSPS) is 18.4. The number of nitro groups is 1.